The Kier molecular flexibility index (Phi) is 9.50. The molecule has 2 unspecified atom stereocenters. The molecule has 0 bridgehead atoms. The van der Waals surface area contributed by atoms with Crippen LogP contribution in [0.15, 0.2) is 24.3 Å². The number of benzene rings is 1. The van der Waals surface area contributed by atoms with Crippen molar-refractivity contribution in [2.45, 2.75) is 97.0 Å². The summed E-state index contributed by atoms with van der Waals surface area (Å²) in [6.45, 7) is 5.52. The second-order valence-corrected chi connectivity index (χ2v) is 7.67. The van der Waals surface area contributed by atoms with Gasteiger partial charge >= 0.3 is 0 Å². The largest absolute Gasteiger partial charge is 0.373 e. The van der Waals surface area contributed by atoms with E-state index in [4.69, 9.17) is 4.74 Å². The van der Waals surface area contributed by atoms with Crippen molar-refractivity contribution in [3.63, 3.8) is 0 Å². The summed E-state index contributed by atoms with van der Waals surface area (Å²) in [5.74, 6) is 0.802. The molecule has 1 saturated heterocycles. The quantitative estimate of drug-likeness (QED) is 0.388. The molecule has 0 spiro atoms. The number of ether oxygens (including phenoxy) is 1. The van der Waals surface area contributed by atoms with Crippen molar-refractivity contribution in [2.24, 2.45) is 5.92 Å². The Bertz CT molecular complexity index is 414. The van der Waals surface area contributed by atoms with Crippen molar-refractivity contribution < 1.29 is 4.74 Å². The van der Waals surface area contributed by atoms with Gasteiger partial charge in [-0.25, -0.2) is 0 Å². The number of hydrogen-bond acceptors (Lipinski definition) is 1. The SMILES string of the molecule is CCCCCCc1ccc(C2CCC(CCCCCC)CO2)cc1. The first kappa shape index (κ1) is 19.5. The van der Waals surface area contributed by atoms with Crippen molar-refractivity contribution in [3.05, 3.63) is 35.4 Å². The first-order chi connectivity index (χ1) is 11.8. The summed E-state index contributed by atoms with van der Waals surface area (Å²) in [6, 6.07) is 9.26. The average molecular weight is 331 g/mol. The van der Waals surface area contributed by atoms with Crippen LogP contribution in [0.5, 0.6) is 0 Å². The maximum Gasteiger partial charge on any atom is 0.0825 e. The van der Waals surface area contributed by atoms with Gasteiger partial charge in [0.25, 0.3) is 0 Å². The van der Waals surface area contributed by atoms with E-state index < -0.39 is 0 Å². The molecule has 1 aliphatic heterocycles. The molecule has 2 rings (SSSR count). The van der Waals surface area contributed by atoms with Gasteiger partial charge in [-0.1, -0.05) is 83.1 Å². The Morgan fingerprint density at radius 1 is 0.833 bits per heavy atom. The zero-order valence-electron chi connectivity index (χ0n) is 16.1. The van der Waals surface area contributed by atoms with Gasteiger partial charge in [-0.3, -0.25) is 0 Å². The van der Waals surface area contributed by atoms with Gasteiger partial charge in [0, 0.05) is 0 Å². The zero-order valence-corrected chi connectivity index (χ0v) is 16.1. The van der Waals surface area contributed by atoms with Gasteiger partial charge in [0.2, 0.25) is 0 Å². The Balaban J connectivity index is 1.68. The van der Waals surface area contributed by atoms with Gasteiger partial charge in [-0.15, -0.1) is 0 Å². The predicted octanol–water partition coefficient (Wildman–Crippen LogP) is 7.25. The highest BCUT2D eigenvalue weighted by molar-refractivity contribution is 5.24. The second kappa shape index (κ2) is 11.7. The third-order valence-corrected chi connectivity index (χ3v) is 5.51. The molecular weight excluding hydrogens is 292 g/mol. The van der Waals surface area contributed by atoms with Crippen LogP contribution in [0.3, 0.4) is 0 Å². The minimum Gasteiger partial charge on any atom is -0.373 e. The number of unbranched alkanes of at least 4 members (excludes halogenated alkanes) is 6. The first-order valence-corrected chi connectivity index (χ1v) is 10.5. The van der Waals surface area contributed by atoms with Crippen LogP contribution in [0.4, 0.5) is 0 Å². The summed E-state index contributed by atoms with van der Waals surface area (Å²) in [7, 11) is 0. The fourth-order valence-electron chi connectivity index (χ4n) is 3.81. The number of hydrogen-bond donors (Lipinski definition) is 0. The van der Waals surface area contributed by atoms with Gasteiger partial charge < -0.3 is 4.74 Å². The van der Waals surface area contributed by atoms with Crippen molar-refractivity contribution in [3.8, 4) is 0 Å². The van der Waals surface area contributed by atoms with Gasteiger partial charge in [0.15, 0.2) is 0 Å². The van der Waals surface area contributed by atoms with E-state index in [0.717, 1.165) is 12.5 Å². The van der Waals surface area contributed by atoms with Crippen LogP contribution in [-0.2, 0) is 11.2 Å². The highest BCUT2D eigenvalue weighted by Crippen LogP contribution is 2.32. The maximum absolute atomic E-state index is 6.19. The van der Waals surface area contributed by atoms with Crippen LogP contribution in [0, 0.1) is 5.92 Å². The summed E-state index contributed by atoms with van der Waals surface area (Å²) in [5.41, 5.74) is 2.87. The minimum atomic E-state index is 0.339. The smallest absolute Gasteiger partial charge is 0.0825 e. The third kappa shape index (κ3) is 6.97. The van der Waals surface area contributed by atoms with Crippen molar-refractivity contribution in [1.29, 1.82) is 0 Å². The lowest BCUT2D eigenvalue weighted by Gasteiger charge is -2.29. The van der Waals surface area contributed by atoms with Crippen LogP contribution in [0.1, 0.15) is 102 Å². The van der Waals surface area contributed by atoms with E-state index >= 15 is 0 Å². The molecular formula is C23H38O. The van der Waals surface area contributed by atoms with Gasteiger partial charge in [0.05, 0.1) is 12.7 Å². The van der Waals surface area contributed by atoms with E-state index in [2.05, 4.69) is 38.1 Å². The normalized spacial score (nSPS) is 21.1. The maximum atomic E-state index is 6.19. The molecule has 1 heteroatoms. The van der Waals surface area contributed by atoms with E-state index in [1.54, 1.807) is 0 Å². The third-order valence-electron chi connectivity index (χ3n) is 5.51. The Morgan fingerprint density at radius 3 is 2.17 bits per heavy atom. The van der Waals surface area contributed by atoms with Gasteiger partial charge in [-0.05, 0) is 49.1 Å². The molecule has 0 N–H and O–H groups in total. The molecule has 1 aromatic carbocycles. The monoisotopic (exact) mass is 330 g/mol. The van der Waals surface area contributed by atoms with Crippen molar-refractivity contribution in [2.75, 3.05) is 6.61 Å². The van der Waals surface area contributed by atoms with E-state index in [1.165, 1.54) is 88.2 Å². The highest BCUT2D eigenvalue weighted by Gasteiger charge is 2.22. The molecule has 1 aromatic rings. The Labute approximate surface area is 150 Å². The molecule has 1 fully saturated rings. The van der Waals surface area contributed by atoms with Crippen LogP contribution in [0.2, 0.25) is 0 Å². The Morgan fingerprint density at radius 2 is 1.54 bits per heavy atom. The average Bonchev–Trinajstić information content (AvgIpc) is 2.64. The molecule has 0 aromatic heterocycles. The highest BCUT2D eigenvalue weighted by atomic mass is 16.5. The fraction of sp³-hybridized carbons (Fsp3) is 0.739. The lowest BCUT2D eigenvalue weighted by atomic mass is 9.90. The molecule has 0 radical (unpaired) electrons. The Hall–Kier alpha value is -0.820. The van der Waals surface area contributed by atoms with E-state index in [0.29, 0.717) is 6.10 Å². The molecule has 136 valence electrons. The molecule has 1 nitrogen and oxygen atoms in total. The molecule has 0 saturated carbocycles. The molecule has 2 atom stereocenters. The number of rotatable bonds is 11. The number of aryl methyl sites for hydroxylation is 1. The lowest BCUT2D eigenvalue weighted by Crippen LogP contribution is -2.20. The first-order valence-electron chi connectivity index (χ1n) is 10.5. The lowest BCUT2D eigenvalue weighted by molar-refractivity contribution is -0.0199. The fourth-order valence-corrected chi connectivity index (χ4v) is 3.81. The van der Waals surface area contributed by atoms with E-state index in [1.807, 2.05) is 0 Å². The standard InChI is InChI=1S/C23H38O/c1-3-5-7-9-11-20-13-16-22(17-14-20)23-18-15-21(19-24-23)12-10-8-6-4-2/h13-14,16-17,21,23H,3-12,15,18-19H2,1-2H3. The van der Waals surface area contributed by atoms with Gasteiger partial charge in [0.1, 0.15) is 0 Å². The van der Waals surface area contributed by atoms with Crippen molar-refractivity contribution >= 4 is 0 Å². The molecule has 1 aliphatic rings. The predicted molar refractivity (Wildman–Crippen MR) is 104 cm³/mol. The van der Waals surface area contributed by atoms with Crippen LogP contribution >= 0.6 is 0 Å². The van der Waals surface area contributed by atoms with Crippen molar-refractivity contribution in [1.82, 2.24) is 0 Å². The summed E-state index contributed by atoms with van der Waals surface area (Å²) in [4.78, 5) is 0. The minimum absolute atomic E-state index is 0.339. The second-order valence-electron chi connectivity index (χ2n) is 7.67. The molecule has 24 heavy (non-hydrogen) atoms. The summed E-state index contributed by atoms with van der Waals surface area (Å²) in [5, 5.41) is 0. The summed E-state index contributed by atoms with van der Waals surface area (Å²) >= 11 is 0. The van der Waals surface area contributed by atoms with Crippen LogP contribution in [0.25, 0.3) is 0 Å². The summed E-state index contributed by atoms with van der Waals surface area (Å²) in [6.07, 6.45) is 16.4. The van der Waals surface area contributed by atoms with Crippen LogP contribution in [-0.4, -0.2) is 6.61 Å². The topological polar surface area (TPSA) is 9.23 Å². The molecule has 1 heterocycles. The zero-order chi connectivity index (χ0) is 17.0. The molecule has 0 aliphatic carbocycles. The van der Waals surface area contributed by atoms with Gasteiger partial charge in [-0.2, -0.15) is 0 Å². The van der Waals surface area contributed by atoms with Crippen LogP contribution < -0.4 is 0 Å². The van der Waals surface area contributed by atoms with E-state index in [9.17, 15) is 0 Å². The molecule has 0 amide bonds. The van der Waals surface area contributed by atoms with E-state index in [-0.39, 0.29) is 0 Å². The summed E-state index contributed by atoms with van der Waals surface area (Å²) < 4.78 is 6.19.